The van der Waals surface area contributed by atoms with E-state index in [0.29, 0.717) is 11.8 Å². The van der Waals surface area contributed by atoms with Crippen LogP contribution < -0.4 is 0 Å². The Labute approximate surface area is 95.2 Å². The smallest absolute Gasteiger partial charge is 0.0977 e. The van der Waals surface area contributed by atoms with E-state index in [1.54, 1.807) is 12.5 Å². The summed E-state index contributed by atoms with van der Waals surface area (Å²) in [5.41, 5.74) is 2.64. The molecule has 3 rings (SSSR count). The van der Waals surface area contributed by atoms with Gasteiger partial charge in [-0.3, -0.25) is 0 Å². The molecule has 2 aliphatic rings. The molecule has 0 bridgehead atoms. The van der Waals surface area contributed by atoms with Crippen LogP contribution in [-0.4, -0.2) is 13.2 Å². The highest BCUT2D eigenvalue weighted by Crippen LogP contribution is 2.26. The maximum Gasteiger partial charge on any atom is 0.0977 e. The summed E-state index contributed by atoms with van der Waals surface area (Å²) in [6.45, 7) is 1.54. The fourth-order valence-electron chi connectivity index (χ4n) is 2.14. The summed E-state index contributed by atoms with van der Waals surface area (Å²) >= 11 is 0. The minimum atomic E-state index is 0.421. The minimum Gasteiger partial charge on any atom is -0.501 e. The van der Waals surface area contributed by atoms with Crippen LogP contribution in [0.1, 0.15) is 23.0 Å². The van der Waals surface area contributed by atoms with Gasteiger partial charge in [-0.2, -0.15) is 0 Å². The highest BCUT2D eigenvalue weighted by atomic mass is 16.5. The Balaban J connectivity index is 1.79. The average Bonchev–Trinajstić information content (AvgIpc) is 3.03. The molecule has 0 aliphatic carbocycles. The molecule has 1 aromatic rings. The lowest BCUT2D eigenvalue weighted by molar-refractivity contribution is 0.268. The predicted molar refractivity (Wildman–Crippen MR) is 62.1 cm³/mol. The molecule has 2 heteroatoms. The quantitative estimate of drug-likeness (QED) is 0.753. The van der Waals surface area contributed by atoms with Crippen LogP contribution in [-0.2, 0) is 9.47 Å². The second-order valence-electron chi connectivity index (χ2n) is 4.20. The van der Waals surface area contributed by atoms with E-state index in [2.05, 4.69) is 36.4 Å². The fraction of sp³-hybridized carbons (Fsp3) is 0.286. The van der Waals surface area contributed by atoms with Gasteiger partial charge in [0.05, 0.1) is 25.7 Å². The van der Waals surface area contributed by atoms with Crippen LogP contribution in [0, 0.1) is 0 Å². The Hall–Kier alpha value is -1.70. The predicted octanol–water partition coefficient (Wildman–Crippen LogP) is 2.94. The van der Waals surface area contributed by atoms with E-state index >= 15 is 0 Å². The molecule has 2 unspecified atom stereocenters. The first kappa shape index (κ1) is 9.52. The molecule has 0 spiro atoms. The zero-order valence-electron chi connectivity index (χ0n) is 9.00. The molecule has 1 aromatic carbocycles. The van der Waals surface area contributed by atoms with Crippen molar-refractivity contribution in [2.24, 2.45) is 0 Å². The largest absolute Gasteiger partial charge is 0.501 e. The topological polar surface area (TPSA) is 18.5 Å². The van der Waals surface area contributed by atoms with Crippen LogP contribution in [0.3, 0.4) is 0 Å². The van der Waals surface area contributed by atoms with Crippen LogP contribution in [0.15, 0.2) is 48.9 Å². The van der Waals surface area contributed by atoms with Crippen molar-refractivity contribution in [3.05, 3.63) is 60.1 Å². The molecule has 2 nitrogen and oxygen atoms in total. The lowest BCUT2D eigenvalue weighted by atomic mass is 9.95. The van der Waals surface area contributed by atoms with Gasteiger partial charge in [0.1, 0.15) is 0 Å². The zero-order valence-corrected chi connectivity index (χ0v) is 9.00. The summed E-state index contributed by atoms with van der Waals surface area (Å²) < 4.78 is 10.5. The van der Waals surface area contributed by atoms with Gasteiger partial charge in [-0.25, -0.2) is 0 Å². The summed E-state index contributed by atoms with van der Waals surface area (Å²) in [5, 5.41) is 0. The van der Waals surface area contributed by atoms with Gasteiger partial charge in [0.15, 0.2) is 0 Å². The summed E-state index contributed by atoms with van der Waals surface area (Å²) in [7, 11) is 0. The van der Waals surface area contributed by atoms with Crippen molar-refractivity contribution < 1.29 is 9.47 Å². The number of rotatable bonds is 2. The Morgan fingerprint density at radius 2 is 1.19 bits per heavy atom. The molecule has 0 amide bonds. The first-order valence-corrected chi connectivity index (χ1v) is 5.60. The zero-order chi connectivity index (χ0) is 10.8. The molecule has 2 heterocycles. The van der Waals surface area contributed by atoms with Crippen LogP contribution in [0.25, 0.3) is 0 Å². The van der Waals surface area contributed by atoms with Crippen molar-refractivity contribution in [2.75, 3.05) is 13.2 Å². The van der Waals surface area contributed by atoms with Gasteiger partial charge in [0.25, 0.3) is 0 Å². The van der Waals surface area contributed by atoms with E-state index < -0.39 is 0 Å². The summed E-state index contributed by atoms with van der Waals surface area (Å²) in [6.07, 6.45) is 7.78. The number of ether oxygens (including phenoxy) is 2. The normalized spacial score (nSPS) is 26.8. The molecular weight excluding hydrogens is 200 g/mol. The fourth-order valence-corrected chi connectivity index (χ4v) is 2.14. The molecule has 0 fully saturated rings. The average molecular weight is 214 g/mol. The van der Waals surface area contributed by atoms with Crippen molar-refractivity contribution in [1.29, 1.82) is 0 Å². The highest BCUT2D eigenvalue weighted by molar-refractivity contribution is 5.32. The van der Waals surface area contributed by atoms with Gasteiger partial charge < -0.3 is 9.47 Å². The van der Waals surface area contributed by atoms with Gasteiger partial charge in [0, 0.05) is 11.8 Å². The lowest BCUT2D eigenvalue weighted by Gasteiger charge is -2.10. The maximum absolute atomic E-state index is 5.23. The molecule has 0 saturated heterocycles. The number of benzene rings is 1. The van der Waals surface area contributed by atoms with Gasteiger partial charge in [0.2, 0.25) is 0 Å². The third-order valence-corrected chi connectivity index (χ3v) is 3.16. The molecule has 0 saturated carbocycles. The van der Waals surface area contributed by atoms with E-state index in [0.717, 1.165) is 13.2 Å². The monoisotopic (exact) mass is 214 g/mol. The number of hydrogen-bond donors (Lipinski definition) is 0. The van der Waals surface area contributed by atoms with Gasteiger partial charge in [-0.15, -0.1) is 0 Å². The summed E-state index contributed by atoms with van der Waals surface area (Å²) in [6, 6.07) is 8.74. The van der Waals surface area contributed by atoms with E-state index in [1.807, 2.05) is 0 Å². The molecule has 16 heavy (non-hydrogen) atoms. The molecule has 0 N–H and O–H groups in total. The first-order chi connectivity index (χ1) is 7.93. The standard InChI is InChI=1S/C14H14O2/c1-2-12(14-6-8-16-10-14)4-3-11(1)13-5-7-15-9-13/h1-8,13-14H,9-10H2. The molecular formula is C14H14O2. The Bertz CT molecular complexity index is 376. The van der Waals surface area contributed by atoms with E-state index in [4.69, 9.17) is 9.47 Å². The molecule has 0 radical (unpaired) electrons. The van der Waals surface area contributed by atoms with Crippen LogP contribution in [0.5, 0.6) is 0 Å². The van der Waals surface area contributed by atoms with Crippen molar-refractivity contribution in [1.82, 2.24) is 0 Å². The van der Waals surface area contributed by atoms with Crippen LogP contribution >= 0.6 is 0 Å². The summed E-state index contributed by atoms with van der Waals surface area (Å²) in [5.74, 6) is 0.842. The van der Waals surface area contributed by atoms with E-state index in [9.17, 15) is 0 Å². The molecule has 2 atom stereocenters. The second-order valence-corrected chi connectivity index (χ2v) is 4.20. The Kier molecular flexibility index (Phi) is 2.41. The first-order valence-electron chi connectivity index (χ1n) is 5.60. The molecule has 0 aromatic heterocycles. The van der Waals surface area contributed by atoms with E-state index in [-0.39, 0.29) is 0 Å². The third-order valence-electron chi connectivity index (χ3n) is 3.16. The maximum atomic E-state index is 5.23. The van der Waals surface area contributed by atoms with Gasteiger partial charge in [-0.1, -0.05) is 24.3 Å². The van der Waals surface area contributed by atoms with Gasteiger partial charge >= 0.3 is 0 Å². The van der Waals surface area contributed by atoms with Crippen LogP contribution in [0.4, 0.5) is 0 Å². The molecule has 2 aliphatic heterocycles. The van der Waals surface area contributed by atoms with Crippen molar-refractivity contribution in [2.45, 2.75) is 11.8 Å². The van der Waals surface area contributed by atoms with Crippen molar-refractivity contribution in [3.8, 4) is 0 Å². The minimum absolute atomic E-state index is 0.421. The van der Waals surface area contributed by atoms with Crippen molar-refractivity contribution >= 4 is 0 Å². The van der Waals surface area contributed by atoms with Crippen LogP contribution in [0.2, 0.25) is 0 Å². The van der Waals surface area contributed by atoms with Gasteiger partial charge in [-0.05, 0) is 23.3 Å². The van der Waals surface area contributed by atoms with E-state index in [1.165, 1.54) is 11.1 Å². The Morgan fingerprint density at radius 3 is 1.50 bits per heavy atom. The highest BCUT2D eigenvalue weighted by Gasteiger charge is 2.15. The Morgan fingerprint density at radius 1 is 0.750 bits per heavy atom. The lowest BCUT2D eigenvalue weighted by Crippen LogP contribution is -2.00. The number of hydrogen-bond acceptors (Lipinski definition) is 2. The molecule has 82 valence electrons. The second kappa shape index (κ2) is 4.05. The SMILES string of the molecule is C1=CC(c2ccc(C3C=COC3)cc2)CO1. The third kappa shape index (κ3) is 1.71. The van der Waals surface area contributed by atoms with Crippen molar-refractivity contribution in [3.63, 3.8) is 0 Å². The summed E-state index contributed by atoms with van der Waals surface area (Å²) in [4.78, 5) is 0.